The summed E-state index contributed by atoms with van der Waals surface area (Å²) in [5.41, 5.74) is 1.13. The molecular weight excluding hydrogens is 292 g/mol. The zero-order valence-electron chi connectivity index (χ0n) is 14.3. The van der Waals surface area contributed by atoms with Gasteiger partial charge in [-0.1, -0.05) is 44.2 Å². The zero-order valence-corrected chi connectivity index (χ0v) is 14.3. The van der Waals surface area contributed by atoms with E-state index in [1.54, 1.807) is 0 Å². The molecule has 0 amide bonds. The van der Waals surface area contributed by atoms with Crippen molar-refractivity contribution in [1.29, 1.82) is 0 Å². The lowest BCUT2D eigenvalue weighted by atomic mass is 9.96. The van der Waals surface area contributed by atoms with Gasteiger partial charge in [0.1, 0.15) is 6.04 Å². The van der Waals surface area contributed by atoms with Gasteiger partial charge in [-0.3, -0.25) is 9.69 Å². The van der Waals surface area contributed by atoms with Gasteiger partial charge in [0.15, 0.2) is 0 Å². The van der Waals surface area contributed by atoms with Crippen LogP contribution in [0.4, 0.5) is 0 Å². The molecule has 1 aliphatic heterocycles. The van der Waals surface area contributed by atoms with Gasteiger partial charge < -0.3 is 14.8 Å². The van der Waals surface area contributed by atoms with Crippen LogP contribution in [0.1, 0.15) is 32.4 Å². The van der Waals surface area contributed by atoms with Gasteiger partial charge in [0.25, 0.3) is 0 Å². The van der Waals surface area contributed by atoms with Crippen molar-refractivity contribution in [2.24, 2.45) is 0 Å². The molecule has 1 aliphatic rings. The molecular formula is C18H28N2O3. The van der Waals surface area contributed by atoms with E-state index >= 15 is 0 Å². The molecule has 1 N–H and O–H groups in total. The Balaban J connectivity index is 2.32. The summed E-state index contributed by atoms with van der Waals surface area (Å²) in [6.45, 7) is 9.35. The highest BCUT2D eigenvalue weighted by Gasteiger charge is 2.36. The Bertz CT molecular complexity index is 472. The number of carbonyl (C=O) groups is 1. The van der Waals surface area contributed by atoms with Crippen molar-refractivity contribution >= 4 is 5.97 Å². The summed E-state index contributed by atoms with van der Waals surface area (Å²) in [6, 6.07) is 9.92. The molecule has 5 heteroatoms. The van der Waals surface area contributed by atoms with Crippen LogP contribution in [0.3, 0.4) is 0 Å². The van der Waals surface area contributed by atoms with Gasteiger partial charge in [-0.15, -0.1) is 0 Å². The van der Waals surface area contributed by atoms with Crippen LogP contribution < -0.4 is 5.32 Å². The average molecular weight is 320 g/mol. The molecule has 0 spiro atoms. The van der Waals surface area contributed by atoms with Gasteiger partial charge in [0.05, 0.1) is 25.9 Å². The third-order valence-corrected chi connectivity index (χ3v) is 3.95. The summed E-state index contributed by atoms with van der Waals surface area (Å²) in [5.74, 6) is -0.193. The van der Waals surface area contributed by atoms with E-state index in [4.69, 9.17) is 9.47 Å². The summed E-state index contributed by atoms with van der Waals surface area (Å²) < 4.78 is 10.8. The lowest BCUT2D eigenvalue weighted by molar-refractivity contribution is -0.148. The van der Waals surface area contributed by atoms with Crippen LogP contribution in [0.15, 0.2) is 30.3 Å². The first-order valence-corrected chi connectivity index (χ1v) is 8.43. The van der Waals surface area contributed by atoms with Crippen LogP contribution in [0, 0.1) is 0 Å². The molecule has 1 fully saturated rings. The Labute approximate surface area is 139 Å². The molecule has 0 saturated carbocycles. The van der Waals surface area contributed by atoms with Crippen molar-refractivity contribution in [3.63, 3.8) is 0 Å². The Morgan fingerprint density at radius 2 is 1.91 bits per heavy atom. The second kappa shape index (κ2) is 9.01. The highest BCUT2D eigenvalue weighted by molar-refractivity contribution is 5.77. The highest BCUT2D eigenvalue weighted by atomic mass is 16.5. The summed E-state index contributed by atoms with van der Waals surface area (Å²) in [7, 11) is 0. The molecule has 128 valence electrons. The van der Waals surface area contributed by atoms with E-state index < -0.39 is 6.04 Å². The quantitative estimate of drug-likeness (QED) is 0.779. The topological polar surface area (TPSA) is 50.8 Å². The minimum absolute atomic E-state index is 0.0541. The van der Waals surface area contributed by atoms with Crippen molar-refractivity contribution in [3.8, 4) is 0 Å². The van der Waals surface area contributed by atoms with Crippen LogP contribution in [-0.2, 0) is 14.3 Å². The fourth-order valence-corrected chi connectivity index (χ4v) is 3.00. The maximum absolute atomic E-state index is 12.6. The number of esters is 1. The Hall–Kier alpha value is -1.43. The number of ether oxygens (including phenoxy) is 2. The monoisotopic (exact) mass is 320 g/mol. The fraction of sp³-hybridized carbons (Fsp3) is 0.611. The van der Waals surface area contributed by atoms with E-state index in [2.05, 4.69) is 22.3 Å². The molecule has 2 atom stereocenters. The second-order valence-electron chi connectivity index (χ2n) is 6.05. The molecule has 1 aromatic rings. The van der Waals surface area contributed by atoms with Gasteiger partial charge in [0.2, 0.25) is 0 Å². The predicted molar refractivity (Wildman–Crippen MR) is 90.3 cm³/mol. The van der Waals surface area contributed by atoms with Crippen LogP contribution in [0.5, 0.6) is 0 Å². The van der Waals surface area contributed by atoms with E-state index in [-0.39, 0.29) is 18.1 Å². The van der Waals surface area contributed by atoms with E-state index in [9.17, 15) is 4.79 Å². The van der Waals surface area contributed by atoms with E-state index in [0.29, 0.717) is 19.8 Å². The maximum Gasteiger partial charge on any atom is 0.325 e. The number of nitrogens with one attached hydrogen (secondary N) is 1. The zero-order chi connectivity index (χ0) is 16.7. The third-order valence-electron chi connectivity index (χ3n) is 3.95. The largest absolute Gasteiger partial charge is 0.465 e. The maximum atomic E-state index is 12.6. The fourth-order valence-electron chi connectivity index (χ4n) is 3.00. The number of benzene rings is 1. The number of hydrogen-bond donors (Lipinski definition) is 1. The number of rotatable bonds is 7. The third kappa shape index (κ3) is 5.03. The Morgan fingerprint density at radius 3 is 2.48 bits per heavy atom. The van der Waals surface area contributed by atoms with Gasteiger partial charge in [-0.2, -0.15) is 0 Å². The standard InChI is InChI=1S/C18H28N2O3/c1-4-23-18(21)16(19-14(2)3)17(15-8-6-5-7-9-15)20-10-12-22-13-11-20/h5-9,14,16-17,19H,4,10-13H2,1-3H3/t16-,17+/m0/s1. The SMILES string of the molecule is CCOC(=O)[C@@H](NC(C)C)[C@@H](c1ccccc1)N1CCOCC1. The molecule has 1 heterocycles. The van der Waals surface area contributed by atoms with Crippen molar-refractivity contribution in [2.75, 3.05) is 32.9 Å². The molecule has 2 rings (SSSR count). The smallest absolute Gasteiger partial charge is 0.325 e. The molecule has 0 unspecified atom stereocenters. The second-order valence-corrected chi connectivity index (χ2v) is 6.05. The minimum Gasteiger partial charge on any atom is -0.465 e. The lowest BCUT2D eigenvalue weighted by Gasteiger charge is -2.39. The summed E-state index contributed by atoms with van der Waals surface area (Å²) in [5, 5.41) is 3.40. The molecule has 0 aliphatic carbocycles. The molecule has 1 aromatic carbocycles. The van der Waals surface area contributed by atoms with Gasteiger partial charge >= 0.3 is 5.97 Å². The molecule has 1 saturated heterocycles. The molecule has 0 aromatic heterocycles. The summed E-state index contributed by atoms with van der Waals surface area (Å²) >= 11 is 0. The van der Waals surface area contributed by atoms with E-state index in [1.807, 2.05) is 39.0 Å². The molecule has 0 bridgehead atoms. The van der Waals surface area contributed by atoms with Crippen LogP contribution in [-0.4, -0.2) is 55.9 Å². The van der Waals surface area contributed by atoms with Gasteiger partial charge in [-0.25, -0.2) is 0 Å². The van der Waals surface area contributed by atoms with Crippen LogP contribution in [0.2, 0.25) is 0 Å². The first kappa shape index (κ1) is 17.9. The van der Waals surface area contributed by atoms with Gasteiger partial charge in [0, 0.05) is 19.1 Å². The van der Waals surface area contributed by atoms with Crippen molar-refractivity contribution < 1.29 is 14.3 Å². The highest BCUT2D eigenvalue weighted by Crippen LogP contribution is 2.26. The molecule has 0 radical (unpaired) electrons. The first-order valence-electron chi connectivity index (χ1n) is 8.43. The predicted octanol–water partition coefficient (Wildman–Crippen LogP) is 1.99. The Kier molecular flexibility index (Phi) is 7.02. The van der Waals surface area contributed by atoms with Crippen molar-refractivity contribution in [2.45, 2.75) is 38.9 Å². The van der Waals surface area contributed by atoms with Crippen molar-refractivity contribution in [1.82, 2.24) is 10.2 Å². The first-order chi connectivity index (χ1) is 11.1. The number of morpholine rings is 1. The minimum atomic E-state index is -0.393. The van der Waals surface area contributed by atoms with Crippen molar-refractivity contribution in [3.05, 3.63) is 35.9 Å². The van der Waals surface area contributed by atoms with Crippen LogP contribution in [0.25, 0.3) is 0 Å². The average Bonchev–Trinajstić information content (AvgIpc) is 2.56. The summed E-state index contributed by atoms with van der Waals surface area (Å²) in [4.78, 5) is 14.9. The number of carbonyl (C=O) groups excluding carboxylic acids is 1. The van der Waals surface area contributed by atoms with E-state index in [1.165, 1.54) is 0 Å². The Morgan fingerprint density at radius 1 is 1.26 bits per heavy atom. The molecule has 5 nitrogen and oxygen atoms in total. The van der Waals surface area contributed by atoms with Gasteiger partial charge in [-0.05, 0) is 12.5 Å². The normalized spacial score (nSPS) is 18.6. The number of hydrogen-bond acceptors (Lipinski definition) is 5. The van der Waals surface area contributed by atoms with E-state index in [0.717, 1.165) is 18.7 Å². The molecule has 23 heavy (non-hydrogen) atoms. The number of nitrogens with zero attached hydrogens (tertiary/aromatic N) is 1. The summed E-state index contributed by atoms with van der Waals surface area (Å²) in [6.07, 6.45) is 0. The van der Waals surface area contributed by atoms with Crippen LogP contribution >= 0.6 is 0 Å². The lowest BCUT2D eigenvalue weighted by Crippen LogP contribution is -2.53.